The standard InChI is InChI=1S/C71H47N3S.C66H44N2O/c1-5-22-50(23-6-1)72(51-24-7-2-8-25-51)54-40-37-49(38-41-54)61-45-56(47-68-69(61)60-43-39-48-21-13-14-30-57(48)70(60)75-68)73(52-26-9-3-10-27-52)55-42-44-67-65(46-55)71(62-33-17-15-31-58(62)59-32-16-18-34-63(59)71)64-35-19-20-36-66(64)74(67)53-28-11-4-12-29-53;1-4-19-47(20-5-1)67(51-38-39-62-64(43-51)69-63-31-17-16-30-61(63)66(62)59-28-14-12-26-54(59)55-27-13-15-29-60(55)66)50-36-34-45(35-37-50)56-41-52(68(48-21-6-2-7-22-48)49-23-8-3-9-24-49)42-58-57(56)40-46-33-32-44-18-10-11-25-53(44)65(46)58/h1-47H;1-39,41-43H,40H2. The summed E-state index contributed by atoms with van der Waals surface area (Å²) in [5.41, 5.74) is 40.7. The van der Waals surface area contributed by atoms with Gasteiger partial charge in [0.2, 0.25) is 0 Å². The predicted molar refractivity (Wildman–Crippen MR) is 602 cm³/mol. The molecular formula is C137H91N5OS. The van der Waals surface area contributed by atoms with Crippen molar-refractivity contribution in [3.8, 4) is 67.1 Å². The first-order valence-corrected chi connectivity index (χ1v) is 50.4. The Morgan fingerprint density at radius 3 is 1.14 bits per heavy atom. The molecule has 29 rings (SSSR count). The molecule has 24 aromatic rings. The van der Waals surface area contributed by atoms with Gasteiger partial charge in [-0.2, -0.15) is 0 Å². The van der Waals surface area contributed by atoms with E-state index >= 15 is 0 Å². The summed E-state index contributed by atoms with van der Waals surface area (Å²) in [4.78, 5) is 12.0. The van der Waals surface area contributed by atoms with Crippen molar-refractivity contribution in [2.75, 3.05) is 24.5 Å². The Kier molecular flexibility index (Phi) is 19.9. The van der Waals surface area contributed by atoms with Gasteiger partial charge in [-0.1, -0.05) is 364 Å². The normalized spacial score (nSPS) is 13.0. The monoisotopic (exact) mass is 1850 g/mol. The maximum atomic E-state index is 6.99. The van der Waals surface area contributed by atoms with Gasteiger partial charge < -0.3 is 29.2 Å². The van der Waals surface area contributed by atoms with Crippen LogP contribution < -0.4 is 29.2 Å². The molecule has 3 aliphatic carbocycles. The van der Waals surface area contributed by atoms with Crippen LogP contribution in [-0.2, 0) is 17.3 Å². The number of thiophene rings is 1. The van der Waals surface area contributed by atoms with E-state index in [2.05, 4.69) is 564 Å². The maximum Gasteiger partial charge on any atom is 0.134 e. The van der Waals surface area contributed by atoms with Crippen LogP contribution in [0.15, 0.2) is 540 Å². The average Bonchev–Trinajstić information content (AvgIpc) is 1.48. The minimum Gasteiger partial charge on any atom is -0.457 e. The number of rotatable bonds is 15. The molecular weight excluding hydrogens is 1760 g/mol. The zero-order chi connectivity index (χ0) is 94.9. The molecule has 0 unspecified atom stereocenters. The van der Waals surface area contributed by atoms with Crippen molar-refractivity contribution in [2.24, 2.45) is 0 Å². The van der Waals surface area contributed by atoms with E-state index in [9.17, 15) is 0 Å². The molecule has 5 aliphatic rings. The highest BCUT2D eigenvalue weighted by atomic mass is 32.1. The number of para-hydroxylation sites is 9. The first-order valence-electron chi connectivity index (χ1n) is 49.6. The molecule has 676 valence electrons. The fraction of sp³-hybridized carbons (Fsp3) is 0.0219. The maximum absolute atomic E-state index is 6.99. The molecule has 144 heavy (non-hydrogen) atoms. The predicted octanol–water partition coefficient (Wildman–Crippen LogP) is 37.4. The number of anilines is 15. The summed E-state index contributed by atoms with van der Waals surface area (Å²) in [7, 11) is 0. The molecule has 1 aromatic heterocycles. The van der Waals surface area contributed by atoms with Gasteiger partial charge in [0.1, 0.15) is 11.5 Å². The highest BCUT2D eigenvalue weighted by Crippen LogP contribution is 2.67. The van der Waals surface area contributed by atoms with Crippen LogP contribution in [0.5, 0.6) is 11.5 Å². The van der Waals surface area contributed by atoms with E-state index in [1.165, 1.54) is 148 Å². The summed E-state index contributed by atoms with van der Waals surface area (Å²) < 4.78 is 9.54. The van der Waals surface area contributed by atoms with Gasteiger partial charge in [-0.25, -0.2) is 0 Å². The van der Waals surface area contributed by atoms with E-state index in [1.807, 2.05) is 11.3 Å². The molecule has 0 saturated heterocycles. The van der Waals surface area contributed by atoms with Crippen LogP contribution >= 0.6 is 11.3 Å². The second kappa shape index (κ2) is 34.3. The van der Waals surface area contributed by atoms with Gasteiger partial charge in [-0.05, 0) is 298 Å². The number of fused-ring (bicyclic) bond motifs is 28. The molecule has 0 radical (unpaired) electrons. The summed E-state index contributed by atoms with van der Waals surface area (Å²) in [5, 5.41) is 7.62. The Labute approximate surface area is 841 Å². The van der Waals surface area contributed by atoms with Crippen LogP contribution in [0.3, 0.4) is 0 Å². The molecule has 0 bridgehead atoms. The van der Waals surface area contributed by atoms with E-state index in [4.69, 9.17) is 4.74 Å². The number of nitrogens with zero attached hydrogens (tertiary/aromatic N) is 5. The topological polar surface area (TPSA) is 25.4 Å². The van der Waals surface area contributed by atoms with Crippen molar-refractivity contribution in [2.45, 2.75) is 17.3 Å². The van der Waals surface area contributed by atoms with Crippen LogP contribution in [-0.4, -0.2) is 0 Å². The molecule has 7 heteroatoms. The van der Waals surface area contributed by atoms with Crippen LogP contribution in [0.4, 0.5) is 85.3 Å². The molecule has 0 atom stereocenters. The van der Waals surface area contributed by atoms with E-state index in [0.29, 0.717) is 0 Å². The van der Waals surface area contributed by atoms with Gasteiger partial charge in [0.25, 0.3) is 0 Å². The number of hydrogen-bond acceptors (Lipinski definition) is 7. The summed E-state index contributed by atoms with van der Waals surface area (Å²) >= 11 is 1.90. The van der Waals surface area contributed by atoms with Crippen molar-refractivity contribution in [1.29, 1.82) is 0 Å². The van der Waals surface area contributed by atoms with E-state index in [0.717, 1.165) is 109 Å². The first-order chi connectivity index (χ1) is 71.4. The lowest BCUT2D eigenvalue weighted by molar-refractivity contribution is 0.436. The van der Waals surface area contributed by atoms with Crippen LogP contribution in [0.1, 0.15) is 55.6 Å². The van der Waals surface area contributed by atoms with Crippen LogP contribution in [0, 0.1) is 0 Å². The molecule has 2 spiro atoms. The molecule has 0 fully saturated rings. The van der Waals surface area contributed by atoms with Crippen LogP contribution in [0.25, 0.3) is 97.4 Å². The number of benzene rings is 23. The smallest absolute Gasteiger partial charge is 0.134 e. The van der Waals surface area contributed by atoms with Gasteiger partial charge in [-0.3, -0.25) is 0 Å². The summed E-state index contributed by atoms with van der Waals surface area (Å²) in [6.07, 6.45) is 0.869. The largest absolute Gasteiger partial charge is 0.457 e. The fourth-order valence-electron chi connectivity index (χ4n) is 24.3. The highest BCUT2D eigenvalue weighted by Gasteiger charge is 2.54. The lowest BCUT2D eigenvalue weighted by Gasteiger charge is -2.45. The minimum absolute atomic E-state index is 0.521. The fourth-order valence-corrected chi connectivity index (χ4v) is 25.6. The Balaban J connectivity index is 0.000000141. The van der Waals surface area contributed by atoms with Crippen molar-refractivity contribution < 1.29 is 4.74 Å². The minimum atomic E-state index is -0.598. The summed E-state index contributed by atoms with van der Waals surface area (Å²) in [6, 6.07) is 198. The molecule has 0 saturated carbocycles. The Bertz CT molecular complexity index is 8980. The summed E-state index contributed by atoms with van der Waals surface area (Å²) in [6.45, 7) is 0. The third kappa shape index (κ3) is 13.3. The van der Waals surface area contributed by atoms with Gasteiger partial charge >= 0.3 is 0 Å². The van der Waals surface area contributed by atoms with Crippen molar-refractivity contribution >= 4 is 138 Å². The van der Waals surface area contributed by atoms with Crippen molar-refractivity contribution in [3.63, 3.8) is 0 Å². The number of hydrogen-bond donors (Lipinski definition) is 0. The Morgan fingerprint density at radius 2 is 0.590 bits per heavy atom. The Morgan fingerprint density at radius 1 is 0.222 bits per heavy atom. The zero-order valence-electron chi connectivity index (χ0n) is 78.6. The SMILES string of the molecule is c1ccc(N(c2ccc(-c3cc(N(c4ccccc4)c4ccccc4)cc4c3Cc3ccc5ccccc5c3-4)cc2)c2ccc3c(c2)Oc2ccccc2C32c3ccccc3-c3ccccc32)cc1.c1ccc(N(c2ccccc2)c2ccc(-c3cc(N(c4ccccc4)c4ccc5c(c4)C4(c6ccccc6-c6ccccc64)c4ccccc4N5c4ccccc4)cc4sc5c6ccccc6ccc5c34)cc2)cc1. The van der Waals surface area contributed by atoms with Crippen molar-refractivity contribution in [1.82, 2.24) is 0 Å². The zero-order valence-corrected chi connectivity index (χ0v) is 79.5. The average molecular weight is 1860 g/mol. The Hall–Kier alpha value is -18.4. The van der Waals surface area contributed by atoms with E-state index < -0.39 is 10.8 Å². The molecule has 0 N–H and O–H groups in total. The first kappa shape index (κ1) is 83.7. The van der Waals surface area contributed by atoms with Gasteiger partial charge in [0.15, 0.2) is 0 Å². The van der Waals surface area contributed by atoms with Gasteiger partial charge in [0, 0.05) is 111 Å². The quantitative estimate of drug-likeness (QED) is 0.101. The van der Waals surface area contributed by atoms with Crippen molar-refractivity contribution in [3.05, 3.63) is 596 Å². The molecule has 6 nitrogen and oxygen atoms in total. The van der Waals surface area contributed by atoms with Gasteiger partial charge in [0.05, 0.1) is 22.2 Å². The van der Waals surface area contributed by atoms with Gasteiger partial charge in [-0.15, -0.1) is 11.3 Å². The molecule has 0 amide bonds. The summed E-state index contributed by atoms with van der Waals surface area (Å²) in [5.74, 6) is 1.74. The molecule has 2 aliphatic heterocycles. The van der Waals surface area contributed by atoms with E-state index in [-0.39, 0.29) is 0 Å². The van der Waals surface area contributed by atoms with Crippen LogP contribution in [0.2, 0.25) is 0 Å². The molecule has 3 heterocycles. The highest BCUT2D eigenvalue weighted by molar-refractivity contribution is 7.26. The molecule has 23 aromatic carbocycles. The second-order valence-corrected chi connectivity index (χ2v) is 39.0. The second-order valence-electron chi connectivity index (χ2n) is 37.9. The lowest BCUT2D eigenvalue weighted by atomic mass is 9.64. The number of ether oxygens (including phenoxy) is 1. The van der Waals surface area contributed by atoms with E-state index in [1.54, 1.807) is 0 Å². The third-order valence-electron chi connectivity index (χ3n) is 30.3. The lowest BCUT2D eigenvalue weighted by Crippen LogP contribution is -2.36. The third-order valence-corrected chi connectivity index (χ3v) is 31.5.